The van der Waals surface area contributed by atoms with Gasteiger partial charge in [0.15, 0.2) is 0 Å². The van der Waals surface area contributed by atoms with Gasteiger partial charge in [-0.15, -0.1) is 12.4 Å². The first-order chi connectivity index (χ1) is 12.4. The summed E-state index contributed by atoms with van der Waals surface area (Å²) >= 11 is 0. The Morgan fingerprint density at radius 1 is 1.15 bits per heavy atom. The predicted molar refractivity (Wildman–Crippen MR) is 107 cm³/mol. The van der Waals surface area contributed by atoms with Gasteiger partial charge in [0.05, 0.1) is 5.69 Å². The molecular formula is C19H27ClN4O2S. The minimum absolute atomic E-state index is 0. The van der Waals surface area contributed by atoms with E-state index in [0.29, 0.717) is 42.1 Å². The van der Waals surface area contributed by atoms with Crippen molar-refractivity contribution < 1.29 is 8.42 Å². The fourth-order valence-corrected chi connectivity index (χ4v) is 6.32. The molecule has 3 atom stereocenters. The summed E-state index contributed by atoms with van der Waals surface area (Å²) < 4.78 is 29.8. The molecule has 0 amide bonds. The van der Waals surface area contributed by atoms with E-state index in [1.165, 1.54) is 5.56 Å². The van der Waals surface area contributed by atoms with E-state index in [2.05, 4.69) is 41.3 Å². The lowest BCUT2D eigenvalue weighted by Crippen LogP contribution is -2.33. The summed E-state index contributed by atoms with van der Waals surface area (Å²) in [5, 5.41) is 4.32. The number of rotatable bonds is 4. The average Bonchev–Trinajstić information content (AvgIpc) is 3.27. The number of halogens is 1. The lowest BCUT2D eigenvalue weighted by Gasteiger charge is -2.26. The van der Waals surface area contributed by atoms with Gasteiger partial charge in [-0.25, -0.2) is 8.42 Å². The zero-order valence-corrected chi connectivity index (χ0v) is 17.6. The Bertz CT molecular complexity index is 900. The van der Waals surface area contributed by atoms with Crippen LogP contribution in [0.15, 0.2) is 41.4 Å². The van der Waals surface area contributed by atoms with Crippen LogP contribution in [0.2, 0.25) is 0 Å². The van der Waals surface area contributed by atoms with Crippen LogP contribution in [-0.4, -0.2) is 54.1 Å². The van der Waals surface area contributed by atoms with Gasteiger partial charge in [-0.3, -0.25) is 9.58 Å². The molecule has 0 aliphatic carbocycles. The molecule has 1 aromatic heterocycles. The molecule has 2 aliphatic rings. The molecule has 8 heteroatoms. The molecule has 6 nitrogen and oxygen atoms in total. The molecule has 27 heavy (non-hydrogen) atoms. The number of nitrogens with zero attached hydrogens (tertiary/aromatic N) is 4. The number of likely N-dealkylation sites (tertiary alicyclic amines) is 1. The van der Waals surface area contributed by atoms with Crippen LogP contribution in [0, 0.1) is 18.8 Å². The first kappa shape index (κ1) is 20.3. The van der Waals surface area contributed by atoms with Gasteiger partial charge in [-0.1, -0.05) is 30.3 Å². The molecular weight excluding hydrogens is 384 g/mol. The van der Waals surface area contributed by atoms with Crippen LogP contribution in [-0.2, 0) is 16.6 Å². The third-order valence-electron chi connectivity index (χ3n) is 5.85. The third kappa shape index (κ3) is 3.42. The van der Waals surface area contributed by atoms with Gasteiger partial charge < -0.3 is 0 Å². The Morgan fingerprint density at radius 3 is 2.48 bits per heavy atom. The van der Waals surface area contributed by atoms with Crippen molar-refractivity contribution in [3.8, 4) is 0 Å². The molecule has 3 heterocycles. The first-order valence-corrected chi connectivity index (χ1v) is 10.6. The summed E-state index contributed by atoms with van der Waals surface area (Å²) in [6, 6.07) is 10.7. The Hall–Kier alpha value is -1.41. The fourth-order valence-electron chi connectivity index (χ4n) is 4.62. The average molecular weight is 411 g/mol. The Morgan fingerprint density at radius 2 is 1.85 bits per heavy atom. The minimum atomic E-state index is -3.49. The molecule has 2 aromatic rings. The van der Waals surface area contributed by atoms with Gasteiger partial charge in [0.1, 0.15) is 4.90 Å². The molecule has 0 saturated carbocycles. The Kier molecular flexibility index (Phi) is 5.68. The maximum Gasteiger partial charge on any atom is 0.246 e. The van der Waals surface area contributed by atoms with Crippen LogP contribution in [0.1, 0.15) is 24.2 Å². The first-order valence-electron chi connectivity index (χ1n) is 9.21. The highest BCUT2D eigenvalue weighted by Gasteiger charge is 2.49. The highest BCUT2D eigenvalue weighted by Crippen LogP contribution is 2.45. The monoisotopic (exact) mass is 410 g/mol. The summed E-state index contributed by atoms with van der Waals surface area (Å²) in [6.45, 7) is 6.51. The van der Waals surface area contributed by atoms with Gasteiger partial charge in [0, 0.05) is 38.4 Å². The number of hydrogen-bond acceptors (Lipinski definition) is 4. The molecule has 0 unspecified atom stereocenters. The van der Waals surface area contributed by atoms with Crippen molar-refractivity contribution in [1.82, 2.24) is 19.0 Å². The topological polar surface area (TPSA) is 58.4 Å². The van der Waals surface area contributed by atoms with Crippen molar-refractivity contribution in [2.24, 2.45) is 11.8 Å². The maximum absolute atomic E-state index is 13.2. The lowest BCUT2D eigenvalue weighted by atomic mass is 9.90. The smallest absolute Gasteiger partial charge is 0.246 e. The number of aromatic nitrogens is 2. The summed E-state index contributed by atoms with van der Waals surface area (Å²) in [7, 11) is -1.35. The van der Waals surface area contributed by atoms with Crippen LogP contribution in [0.25, 0.3) is 0 Å². The van der Waals surface area contributed by atoms with Gasteiger partial charge in [0.2, 0.25) is 10.0 Å². The SMILES string of the molecule is CCn1cc(S(=O)(=O)N2C[C@@H]3CN(C)[C@@H](c4ccccc4)[C@@H]3C2)c(C)n1.Cl. The molecule has 2 saturated heterocycles. The van der Waals surface area contributed by atoms with E-state index in [-0.39, 0.29) is 18.4 Å². The maximum atomic E-state index is 13.2. The van der Waals surface area contributed by atoms with Crippen LogP contribution >= 0.6 is 12.4 Å². The van der Waals surface area contributed by atoms with E-state index in [1.807, 2.05) is 13.0 Å². The van der Waals surface area contributed by atoms with Gasteiger partial charge >= 0.3 is 0 Å². The highest BCUT2D eigenvalue weighted by atomic mass is 35.5. The predicted octanol–water partition coefficient (Wildman–Crippen LogP) is 2.56. The second kappa shape index (κ2) is 7.54. The van der Waals surface area contributed by atoms with Gasteiger partial charge in [-0.05, 0) is 38.3 Å². The number of fused-ring (bicyclic) bond motifs is 1. The van der Waals surface area contributed by atoms with Crippen LogP contribution in [0.3, 0.4) is 0 Å². The van der Waals surface area contributed by atoms with Crippen molar-refractivity contribution in [3.05, 3.63) is 47.8 Å². The Balaban J connectivity index is 0.00000210. The van der Waals surface area contributed by atoms with Crippen molar-refractivity contribution in [2.45, 2.75) is 31.3 Å². The molecule has 0 radical (unpaired) electrons. The largest absolute Gasteiger partial charge is 0.299 e. The molecule has 148 valence electrons. The van der Waals surface area contributed by atoms with Crippen molar-refractivity contribution in [1.29, 1.82) is 0 Å². The molecule has 0 spiro atoms. The molecule has 4 rings (SSSR count). The molecule has 1 aromatic carbocycles. The summed E-state index contributed by atoms with van der Waals surface area (Å²) in [6.07, 6.45) is 1.67. The molecule has 2 fully saturated rings. The lowest BCUT2D eigenvalue weighted by molar-refractivity contribution is 0.261. The van der Waals surface area contributed by atoms with Gasteiger partial charge in [0.25, 0.3) is 0 Å². The normalized spacial score (nSPS) is 26.1. The summed E-state index contributed by atoms with van der Waals surface area (Å²) in [5.41, 5.74) is 1.86. The number of sulfonamides is 1. The van der Waals surface area contributed by atoms with Crippen LogP contribution in [0.5, 0.6) is 0 Å². The third-order valence-corrected chi connectivity index (χ3v) is 7.78. The van der Waals surface area contributed by atoms with E-state index >= 15 is 0 Å². The zero-order valence-electron chi connectivity index (χ0n) is 15.9. The van der Waals surface area contributed by atoms with E-state index in [9.17, 15) is 8.42 Å². The van der Waals surface area contributed by atoms with Gasteiger partial charge in [-0.2, -0.15) is 9.40 Å². The standard InChI is InChI=1S/C19H26N4O2S.ClH/c1-4-22-13-18(14(2)20-22)26(24,25)23-11-16-10-21(3)19(17(16)12-23)15-8-6-5-7-9-15;/h5-9,13,16-17,19H,4,10-12H2,1-3H3;1H/t16-,17+,19-;/m0./s1. The summed E-state index contributed by atoms with van der Waals surface area (Å²) in [4.78, 5) is 2.72. The van der Waals surface area contributed by atoms with Crippen molar-refractivity contribution in [2.75, 3.05) is 26.7 Å². The van der Waals surface area contributed by atoms with Crippen molar-refractivity contribution in [3.63, 3.8) is 0 Å². The number of aryl methyl sites for hydroxylation is 2. The molecule has 0 bridgehead atoms. The van der Waals surface area contributed by atoms with E-state index in [0.717, 1.165) is 6.54 Å². The second-order valence-corrected chi connectivity index (χ2v) is 9.38. The Labute approximate surface area is 167 Å². The van der Waals surface area contributed by atoms with Crippen LogP contribution in [0.4, 0.5) is 0 Å². The number of hydrogen-bond donors (Lipinski definition) is 0. The van der Waals surface area contributed by atoms with E-state index < -0.39 is 10.0 Å². The number of benzene rings is 1. The fraction of sp³-hybridized carbons (Fsp3) is 0.526. The second-order valence-electron chi connectivity index (χ2n) is 7.48. The zero-order chi connectivity index (χ0) is 18.5. The van der Waals surface area contributed by atoms with E-state index in [4.69, 9.17) is 0 Å². The van der Waals surface area contributed by atoms with E-state index in [1.54, 1.807) is 22.1 Å². The molecule has 2 aliphatic heterocycles. The highest BCUT2D eigenvalue weighted by molar-refractivity contribution is 7.89. The summed E-state index contributed by atoms with van der Waals surface area (Å²) in [5.74, 6) is 0.709. The van der Waals surface area contributed by atoms with Crippen molar-refractivity contribution >= 4 is 22.4 Å². The van der Waals surface area contributed by atoms with Crippen LogP contribution < -0.4 is 0 Å². The quantitative estimate of drug-likeness (QED) is 0.777. The minimum Gasteiger partial charge on any atom is -0.299 e. The molecule has 0 N–H and O–H groups in total.